The fourth-order valence-corrected chi connectivity index (χ4v) is 4.96. The Bertz CT molecular complexity index is 1060. The number of imidazole rings is 1. The van der Waals surface area contributed by atoms with E-state index in [2.05, 4.69) is 15.6 Å². The number of rotatable bonds is 7. The van der Waals surface area contributed by atoms with E-state index >= 15 is 0 Å². The summed E-state index contributed by atoms with van der Waals surface area (Å²) in [6.45, 7) is 4.70. The highest BCUT2D eigenvalue weighted by atomic mass is 35.5. The summed E-state index contributed by atoms with van der Waals surface area (Å²) >= 11 is 6.01. The molecule has 0 spiro atoms. The molecule has 0 saturated heterocycles. The van der Waals surface area contributed by atoms with Crippen molar-refractivity contribution in [3.05, 3.63) is 52.6 Å². The zero-order valence-electron chi connectivity index (χ0n) is 19.1. The predicted molar refractivity (Wildman–Crippen MR) is 125 cm³/mol. The van der Waals surface area contributed by atoms with Crippen molar-refractivity contribution < 1.29 is 14.4 Å². The summed E-state index contributed by atoms with van der Waals surface area (Å²) < 4.78 is 1.64. The van der Waals surface area contributed by atoms with Crippen LogP contribution in [0.5, 0.6) is 0 Å². The molecule has 2 aromatic rings. The zero-order chi connectivity index (χ0) is 23.6. The van der Waals surface area contributed by atoms with Gasteiger partial charge >= 0.3 is 0 Å². The Morgan fingerprint density at radius 2 is 2.03 bits per heavy atom. The second kappa shape index (κ2) is 9.55. The average Bonchev–Trinajstić information content (AvgIpc) is 3.45. The van der Waals surface area contributed by atoms with Gasteiger partial charge in [0.1, 0.15) is 11.2 Å². The molecule has 9 heteroatoms. The molecular formula is C24H30ClN5O3. The number of hydrogen-bond donors (Lipinski definition) is 2. The van der Waals surface area contributed by atoms with Crippen molar-refractivity contribution in [2.45, 2.75) is 70.6 Å². The van der Waals surface area contributed by atoms with Gasteiger partial charge in [0.05, 0.1) is 12.9 Å². The Hall–Kier alpha value is -2.87. The van der Waals surface area contributed by atoms with E-state index in [4.69, 9.17) is 11.6 Å². The highest BCUT2D eigenvalue weighted by molar-refractivity contribution is 6.30. The van der Waals surface area contributed by atoms with Gasteiger partial charge < -0.3 is 20.1 Å². The van der Waals surface area contributed by atoms with Crippen molar-refractivity contribution >= 4 is 29.3 Å². The average molecular weight is 472 g/mol. The first-order chi connectivity index (χ1) is 15.8. The van der Waals surface area contributed by atoms with E-state index in [1.807, 2.05) is 19.1 Å². The first-order valence-electron chi connectivity index (χ1n) is 11.5. The van der Waals surface area contributed by atoms with Crippen molar-refractivity contribution in [1.82, 2.24) is 25.1 Å². The van der Waals surface area contributed by atoms with Crippen molar-refractivity contribution in [2.75, 3.05) is 6.54 Å². The number of amides is 3. The number of aromatic nitrogens is 2. The third-order valence-electron chi connectivity index (χ3n) is 6.54. The monoisotopic (exact) mass is 471 g/mol. The van der Waals surface area contributed by atoms with Crippen molar-refractivity contribution in [3.63, 3.8) is 0 Å². The largest absolute Gasteiger partial charge is 0.351 e. The first-order valence-corrected chi connectivity index (χ1v) is 11.9. The van der Waals surface area contributed by atoms with Crippen molar-refractivity contribution in [1.29, 1.82) is 0 Å². The SMILES string of the molecule is CCCN1C(=O)c2c(C(=O)NCc3cccc(Cl)c3)ncn2C[C@@]1(C)C(=O)NC1CCCC1. The van der Waals surface area contributed by atoms with Gasteiger partial charge in [-0.2, -0.15) is 0 Å². The molecule has 33 heavy (non-hydrogen) atoms. The van der Waals surface area contributed by atoms with Crippen LogP contribution in [0, 0.1) is 0 Å². The number of nitrogens with zero attached hydrogens (tertiary/aromatic N) is 3. The van der Waals surface area contributed by atoms with E-state index in [0.29, 0.717) is 18.0 Å². The molecular weight excluding hydrogens is 442 g/mol. The number of carbonyl (C=O) groups excluding carboxylic acids is 3. The van der Waals surface area contributed by atoms with E-state index in [9.17, 15) is 14.4 Å². The Morgan fingerprint density at radius 1 is 1.27 bits per heavy atom. The van der Waals surface area contributed by atoms with E-state index in [1.54, 1.807) is 28.5 Å². The van der Waals surface area contributed by atoms with Crippen molar-refractivity contribution in [3.8, 4) is 0 Å². The summed E-state index contributed by atoms with van der Waals surface area (Å²) in [5.74, 6) is -0.937. The van der Waals surface area contributed by atoms with Gasteiger partial charge in [0, 0.05) is 24.2 Å². The molecule has 3 amide bonds. The van der Waals surface area contributed by atoms with Gasteiger partial charge in [-0.1, -0.05) is 43.5 Å². The van der Waals surface area contributed by atoms with Crippen LogP contribution in [0.1, 0.15) is 72.5 Å². The Balaban J connectivity index is 1.56. The van der Waals surface area contributed by atoms with Gasteiger partial charge in [0.2, 0.25) is 5.91 Å². The number of fused-ring (bicyclic) bond motifs is 1. The van der Waals surface area contributed by atoms with Crippen molar-refractivity contribution in [2.24, 2.45) is 0 Å². The molecule has 1 aromatic heterocycles. The second-order valence-corrected chi connectivity index (χ2v) is 9.50. The van der Waals surface area contributed by atoms with Gasteiger partial charge in [-0.3, -0.25) is 14.4 Å². The molecule has 2 heterocycles. The maximum absolute atomic E-state index is 13.6. The molecule has 1 aliphatic heterocycles. The lowest BCUT2D eigenvalue weighted by Crippen LogP contribution is -2.65. The fourth-order valence-electron chi connectivity index (χ4n) is 4.75. The molecule has 4 rings (SSSR count). The van der Waals surface area contributed by atoms with Gasteiger partial charge in [0.15, 0.2) is 5.69 Å². The van der Waals surface area contributed by atoms with E-state index in [0.717, 1.165) is 31.2 Å². The molecule has 1 aliphatic carbocycles. The molecule has 2 aliphatic rings. The Morgan fingerprint density at radius 3 is 2.73 bits per heavy atom. The lowest BCUT2D eigenvalue weighted by atomic mass is 9.93. The van der Waals surface area contributed by atoms with Gasteiger partial charge in [-0.05, 0) is 43.9 Å². The number of benzene rings is 1. The van der Waals surface area contributed by atoms with Crippen LogP contribution in [0.4, 0.5) is 0 Å². The third kappa shape index (κ3) is 4.62. The predicted octanol–water partition coefficient (Wildman–Crippen LogP) is 3.15. The van der Waals surface area contributed by atoms with Crippen LogP contribution in [0.15, 0.2) is 30.6 Å². The van der Waals surface area contributed by atoms with Crippen LogP contribution >= 0.6 is 11.6 Å². The minimum atomic E-state index is -1.04. The molecule has 0 unspecified atom stereocenters. The topological polar surface area (TPSA) is 96.3 Å². The molecule has 1 saturated carbocycles. The van der Waals surface area contributed by atoms with Gasteiger partial charge in [-0.25, -0.2) is 4.98 Å². The van der Waals surface area contributed by atoms with Crippen LogP contribution in [0.3, 0.4) is 0 Å². The molecule has 0 bridgehead atoms. The summed E-state index contributed by atoms with van der Waals surface area (Å²) in [5.41, 5.74) is 0.0938. The van der Waals surface area contributed by atoms with Crippen LogP contribution in [-0.4, -0.2) is 50.3 Å². The number of nitrogens with one attached hydrogen (secondary N) is 2. The molecule has 0 radical (unpaired) electrons. The maximum Gasteiger partial charge on any atom is 0.273 e. The standard InChI is InChI=1S/C24H30ClN5O3/c1-3-11-30-22(32)20-19(21(31)26-13-16-7-6-8-17(25)12-16)27-15-29(20)14-24(30,2)23(33)28-18-9-4-5-10-18/h6-8,12,15,18H,3-5,9-11,13-14H2,1-2H3,(H,26,31)(H,28,33)/t24-/m0/s1. The van der Waals surface area contributed by atoms with E-state index in [-0.39, 0.29) is 42.3 Å². The van der Waals surface area contributed by atoms with E-state index in [1.165, 1.54) is 6.33 Å². The van der Waals surface area contributed by atoms with Crippen LogP contribution < -0.4 is 10.6 Å². The summed E-state index contributed by atoms with van der Waals surface area (Å²) in [6.07, 6.45) is 6.33. The maximum atomic E-state index is 13.6. The van der Waals surface area contributed by atoms with E-state index < -0.39 is 11.4 Å². The van der Waals surface area contributed by atoms with Gasteiger partial charge in [-0.15, -0.1) is 0 Å². The summed E-state index contributed by atoms with van der Waals surface area (Å²) in [4.78, 5) is 45.6. The number of halogens is 1. The molecule has 1 fully saturated rings. The lowest BCUT2D eigenvalue weighted by molar-refractivity contribution is -0.133. The minimum absolute atomic E-state index is 0.0707. The highest BCUT2D eigenvalue weighted by Crippen LogP contribution is 2.30. The lowest BCUT2D eigenvalue weighted by Gasteiger charge is -2.44. The summed E-state index contributed by atoms with van der Waals surface area (Å²) in [7, 11) is 0. The third-order valence-corrected chi connectivity index (χ3v) is 6.78. The normalized spacial score (nSPS) is 20.6. The molecule has 2 N–H and O–H groups in total. The second-order valence-electron chi connectivity index (χ2n) is 9.07. The quantitative estimate of drug-likeness (QED) is 0.648. The molecule has 8 nitrogen and oxygen atoms in total. The van der Waals surface area contributed by atoms with Crippen LogP contribution in [0.25, 0.3) is 0 Å². The van der Waals surface area contributed by atoms with Crippen LogP contribution in [0.2, 0.25) is 5.02 Å². The number of carbonyl (C=O) groups is 3. The van der Waals surface area contributed by atoms with Crippen LogP contribution in [-0.2, 0) is 17.9 Å². The smallest absolute Gasteiger partial charge is 0.273 e. The molecule has 176 valence electrons. The zero-order valence-corrected chi connectivity index (χ0v) is 19.8. The molecule has 1 atom stereocenters. The number of hydrogen-bond acceptors (Lipinski definition) is 4. The minimum Gasteiger partial charge on any atom is -0.351 e. The Kier molecular flexibility index (Phi) is 6.74. The first kappa shape index (κ1) is 23.3. The molecule has 1 aromatic carbocycles. The highest BCUT2D eigenvalue weighted by Gasteiger charge is 2.48. The van der Waals surface area contributed by atoms with Gasteiger partial charge in [0.25, 0.3) is 11.8 Å². The summed E-state index contributed by atoms with van der Waals surface area (Å²) in [5, 5.41) is 6.54. The summed E-state index contributed by atoms with van der Waals surface area (Å²) in [6, 6.07) is 7.36. The Labute approximate surface area is 198 Å². The fraction of sp³-hybridized carbons (Fsp3) is 0.500.